The minimum Gasteiger partial charge on any atom is -0.368 e. The van der Waals surface area contributed by atoms with Crippen molar-refractivity contribution in [3.8, 4) is 24.2 Å². The first-order valence-electron chi connectivity index (χ1n) is 7.17. The van der Waals surface area contributed by atoms with Crippen LogP contribution in [0.15, 0.2) is 6.20 Å². The van der Waals surface area contributed by atoms with Crippen molar-refractivity contribution in [2.24, 2.45) is 0 Å². The molecule has 0 atom stereocenters. The lowest BCUT2D eigenvalue weighted by atomic mass is 10.1. The molecule has 2 aromatic heterocycles. The zero-order chi connectivity index (χ0) is 15.5. The number of hydrogen-bond donors (Lipinski definition) is 1. The molecule has 1 aliphatic heterocycles. The van der Waals surface area contributed by atoms with Crippen molar-refractivity contribution in [3.05, 3.63) is 22.5 Å². The van der Waals surface area contributed by atoms with E-state index in [4.69, 9.17) is 18.0 Å². The van der Waals surface area contributed by atoms with Gasteiger partial charge in [-0.05, 0) is 19.3 Å². The van der Waals surface area contributed by atoms with E-state index in [2.05, 4.69) is 27.5 Å². The summed E-state index contributed by atoms with van der Waals surface area (Å²) in [6.07, 6.45) is 10.5. The van der Waals surface area contributed by atoms with E-state index in [1.165, 1.54) is 6.20 Å². The van der Waals surface area contributed by atoms with E-state index < -0.39 is 0 Å². The van der Waals surface area contributed by atoms with Crippen LogP contribution in [0.25, 0.3) is 5.82 Å². The van der Waals surface area contributed by atoms with Crippen LogP contribution >= 0.6 is 11.6 Å². The molecule has 1 aliphatic rings. The number of anilines is 1. The van der Waals surface area contributed by atoms with Crippen LogP contribution in [0.3, 0.4) is 0 Å². The number of aryl methyl sites for hydroxylation is 1. The maximum absolute atomic E-state index is 9.22. The largest absolute Gasteiger partial charge is 0.368 e. The summed E-state index contributed by atoms with van der Waals surface area (Å²) >= 11 is 6.48. The van der Waals surface area contributed by atoms with Crippen LogP contribution in [-0.2, 0) is 13.0 Å². The van der Waals surface area contributed by atoms with Gasteiger partial charge in [0.2, 0.25) is 0 Å². The lowest BCUT2D eigenvalue weighted by Gasteiger charge is -2.12. The molecule has 1 N–H and O–H groups in total. The van der Waals surface area contributed by atoms with E-state index in [0.29, 0.717) is 35.2 Å². The van der Waals surface area contributed by atoms with Gasteiger partial charge in [-0.15, -0.1) is 12.3 Å². The van der Waals surface area contributed by atoms with Gasteiger partial charge in [0, 0.05) is 19.5 Å². The van der Waals surface area contributed by atoms with Crippen LogP contribution in [0.5, 0.6) is 0 Å². The molecule has 2 aromatic rings. The number of rotatable bonds is 4. The van der Waals surface area contributed by atoms with E-state index in [1.807, 2.05) is 4.68 Å². The predicted molar refractivity (Wildman–Crippen MR) is 84.0 cm³/mol. The Kier molecular flexibility index (Phi) is 4.04. The van der Waals surface area contributed by atoms with E-state index in [-0.39, 0.29) is 0 Å². The Morgan fingerprint density at radius 3 is 3.05 bits per heavy atom. The normalized spacial score (nSPS) is 13.2. The number of terminal acetylenes is 1. The molecule has 6 nitrogen and oxygen atoms in total. The minimum absolute atomic E-state index is 0.444. The maximum Gasteiger partial charge on any atom is 0.196 e. The second kappa shape index (κ2) is 6.13. The van der Waals surface area contributed by atoms with Gasteiger partial charge in [-0.3, -0.25) is 4.68 Å². The summed E-state index contributed by atoms with van der Waals surface area (Å²) < 4.78 is 3.52. The summed E-state index contributed by atoms with van der Waals surface area (Å²) in [7, 11) is 0. The van der Waals surface area contributed by atoms with Crippen molar-refractivity contribution in [2.45, 2.75) is 32.2 Å². The molecule has 0 spiro atoms. The van der Waals surface area contributed by atoms with Gasteiger partial charge in [-0.25, -0.2) is 0 Å². The van der Waals surface area contributed by atoms with Gasteiger partial charge in [-0.2, -0.15) is 20.1 Å². The summed E-state index contributed by atoms with van der Waals surface area (Å²) in [5, 5.41) is 21.8. The molecule has 0 bridgehead atoms. The maximum atomic E-state index is 9.22. The van der Waals surface area contributed by atoms with Crippen LogP contribution in [0, 0.1) is 23.7 Å². The van der Waals surface area contributed by atoms with E-state index in [0.717, 1.165) is 31.5 Å². The average molecular weight is 315 g/mol. The van der Waals surface area contributed by atoms with E-state index in [1.54, 1.807) is 4.68 Å². The zero-order valence-corrected chi connectivity index (χ0v) is 12.8. The monoisotopic (exact) mass is 314 g/mol. The van der Waals surface area contributed by atoms with E-state index >= 15 is 0 Å². The molecule has 0 aromatic carbocycles. The predicted octanol–water partition coefficient (Wildman–Crippen LogP) is 2.37. The molecule has 0 aliphatic carbocycles. The zero-order valence-electron chi connectivity index (χ0n) is 12.0. The molecule has 0 saturated carbocycles. The van der Waals surface area contributed by atoms with Gasteiger partial charge >= 0.3 is 0 Å². The second-order valence-electron chi connectivity index (χ2n) is 5.08. The molecule has 7 heteroatoms. The van der Waals surface area contributed by atoms with E-state index in [9.17, 15) is 5.26 Å². The molecule has 0 unspecified atom stereocenters. The molecule has 0 saturated heterocycles. The fourth-order valence-corrected chi connectivity index (χ4v) is 2.90. The van der Waals surface area contributed by atoms with Crippen molar-refractivity contribution >= 4 is 17.4 Å². The number of aromatic nitrogens is 4. The first kappa shape index (κ1) is 14.5. The van der Waals surface area contributed by atoms with Crippen LogP contribution in [0.2, 0.25) is 5.02 Å². The fraction of sp³-hybridized carbons (Fsp3) is 0.400. The summed E-state index contributed by atoms with van der Waals surface area (Å²) in [5.41, 5.74) is 1.48. The topological polar surface area (TPSA) is 71.5 Å². The smallest absolute Gasteiger partial charge is 0.196 e. The van der Waals surface area contributed by atoms with Gasteiger partial charge in [0.15, 0.2) is 5.82 Å². The lowest BCUT2D eigenvalue weighted by molar-refractivity contribution is 0.484. The van der Waals surface area contributed by atoms with Crippen molar-refractivity contribution in [1.82, 2.24) is 19.6 Å². The van der Waals surface area contributed by atoms with Gasteiger partial charge in [0.1, 0.15) is 22.5 Å². The SMILES string of the molecule is C#CCCNc1c(C#N)cnn1-c1nn2c(c1Cl)CCCC2. The van der Waals surface area contributed by atoms with Crippen LogP contribution in [0.1, 0.15) is 30.5 Å². The molecule has 3 rings (SSSR count). The molecule has 22 heavy (non-hydrogen) atoms. The number of hydrogen-bond acceptors (Lipinski definition) is 4. The summed E-state index contributed by atoms with van der Waals surface area (Å²) in [4.78, 5) is 0. The molecule has 0 amide bonds. The third-order valence-electron chi connectivity index (χ3n) is 3.66. The number of fused-ring (bicyclic) bond motifs is 1. The third-order valence-corrected chi connectivity index (χ3v) is 4.05. The molecular weight excluding hydrogens is 300 g/mol. The van der Waals surface area contributed by atoms with Gasteiger partial charge in [-0.1, -0.05) is 11.6 Å². The van der Waals surface area contributed by atoms with Gasteiger partial charge < -0.3 is 5.32 Å². The third kappa shape index (κ3) is 2.43. The van der Waals surface area contributed by atoms with Crippen LogP contribution in [-0.4, -0.2) is 26.1 Å². The van der Waals surface area contributed by atoms with Gasteiger partial charge in [0.05, 0.1) is 11.9 Å². The molecule has 3 heterocycles. The number of nitrogens with one attached hydrogen (secondary N) is 1. The molecule has 0 radical (unpaired) electrons. The Bertz CT molecular complexity index is 773. The highest BCUT2D eigenvalue weighted by Gasteiger charge is 2.23. The Morgan fingerprint density at radius 1 is 1.45 bits per heavy atom. The lowest BCUT2D eigenvalue weighted by Crippen LogP contribution is -2.12. The van der Waals surface area contributed by atoms with Gasteiger partial charge in [0.25, 0.3) is 0 Å². The summed E-state index contributed by atoms with van der Waals surface area (Å²) in [5.74, 6) is 3.69. The fourth-order valence-electron chi connectivity index (χ4n) is 2.59. The summed E-state index contributed by atoms with van der Waals surface area (Å²) in [6.45, 7) is 1.42. The standard InChI is InChI=1S/C15H15ClN6/c1-2-3-7-18-14-11(9-17)10-19-22(14)15-13(16)12-6-4-5-8-21(12)20-15/h1,10,18H,3-8H2. The van der Waals surface area contributed by atoms with Crippen molar-refractivity contribution in [3.63, 3.8) is 0 Å². The van der Waals surface area contributed by atoms with Crippen molar-refractivity contribution in [2.75, 3.05) is 11.9 Å². The quantitative estimate of drug-likeness (QED) is 0.694. The minimum atomic E-state index is 0.444. The molecular formula is C15H15ClN6. The summed E-state index contributed by atoms with van der Waals surface area (Å²) in [6, 6.07) is 2.12. The molecule has 112 valence electrons. The Hall–Kier alpha value is -2.44. The highest BCUT2D eigenvalue weighted by Crippen LogP contribution is 2.30. The van der Waals surface area contributed by atoms with Crippen LogP contribution < -0.4 is 5.32 Å². The van der Waals surface area contributed by atoms with Crippen molar-refractivity contribution in [1.29, 1.82) is 5.26 Å². The first-order chi connectivity index (χ1) is 10.8. The highest BCUT2D eigenvalue weighted by molar-refractivity contribution is 6.32. The number of nitriles is 1. The van der Waals surface area contributed by atoms with Crippen LogP contribution in [0.4, 0.5) is 5.82 Å². The number of nitrogens with zero attached hydrogens (tertiary/aromatic N) is 5. The Balaban J connectivity index is 2.02. The number of halogens is 1. The van der Waals surface area contributed by atoms with Crippen molar-refractivity contribution < 1.29 is 0 Å². The molecule has 0 fully saturated rings. The Morgan fingerprint density at radius 2 is 2.32 bits per heavy atom. The second-order valence-corrected chi connectivity index (χ2v) is 5.45. The highest BCUT2D eigenvalue weighted by atomic mass is 35.5. The average Bonchev–Trinajstić information content (AvgIpc) is 3.09. The first-order valence-corrected chi connectivity index (χ1v) is 7.55. The Labute approximate surface area is 133 Å².